The van der Waals surface area contributed by atoms with Gasteiger partial charge in [-0.2, -0.15) is 0 Å². The average molecular weight is 328 g/mol. The molecule has 1 heterocycles. The number of rotatable bonds is 8. The molecule has 5 heteroatoms. The minimum Gasteiger partial charge on any atom is -0.425 e. The fourth-order valence-electron chi connectivity index (χ4n) is 2.16. The van der Waals surface area contributed by atoms with Crippen LogP contribution in [-0.2, 0) is 16.0 Å². The SMILES string of the molecule is CCCOC(C)C(=O)Oc1ccc(-c2ncc(CCC)cn2)cc1. The number of carbonyl (C=O) groups is 1. The highest BCUT2D eigenvalue weighted by Crippen LogP contribution is 2.20. The fraction of sp³-hybridized carbons (Fsp3) is 0.421. The molecule has 0 spiro atoms. The zero-order chi connectivity index (χ0) is 17.4. The monoisotopic (exact) mass is 328 g/mol. The van der Waals surface area contributed by atoms with Gasteiger partial charge in [0.05, 0.1) is 0 Å². The maximum atomic E-state index is 11.9. The van der Waals surface area contributed by atoms with Crippen LogP contribution in [0.3, 0.4) is 0 Å². The van der Waals surface area contributed by atoms with E-state index in [1.807, 2.05) is 31.5 Å². The zero-order valence-corrected chi connectivity index (χ0v) is 14.5. The Kier molecular flexibility index (Phi) is 6.88. The molecule has 0 aliphatic rings. The van der Waals surface area contributed by atoms with Gasteiger partial charge in [-0.15, -0.1) is 0 Å². The van der Waals surface area contributed by atoms with Crippen molar-refractivity contribution >= 4 is 5.97 Å². The average Bonchev–Trinajstić information content (AvgIpc) is 2.61. The standard InChI is InChI=1S/C19H24N2O3/c1-4-6-15-12-20-18(21-13-15)16-7-9-17(10-8-16)24-19(22)14(3)23-11-5-2/h7-10,12-14H,4-6,11H2,1-3H3. The second kappa shape index (κ2) is 9.13. The van der Waals surface area contributed by atoms with E-state index in [1.54, 1.807) is 19.1 Å². The first-order valence-corrected chi connectivity index (χ1v) is 8.38. The van der Waals surface area contributed by atoms with Crippen LogP contribution >= 0.6 is 0 Å². The van der Waals surface area contributed by atoms with Crippen molar-refractivity contribution < 1.29 is 14.3 Å². The van der Waals surface area contributed by atoms with E-state index in [0.29, 0.717) is 18.2 Å². The van der Waals surface area contributed by atoms with Crippen molar-refractivity contribution in [3.8, 4) is 17.1 Å². The molecule has 0 radical (unpaired) electrons. The van der Waals surface area contributed by atoms with E-state index in [9.17, 15) is 4.79 Å². The smallest absolute Gasteiger partial charge is 0.340 e. The molecular weight excluding hydrogens is 304 g/mol. The van der Waals surface area contributed by atoms with E-state index in [2.05, 4.69) is 16.9 Å². The van der Waals surface area contributed by atoms with Crippen LogP contribution in [0.4, 0.5) is 0 Å². The summed E-state index contributed by atoms with van der Waals surface area (Å²) in [6, 6.07) is 7.16. The number of aromatic nitrogens is 2. The quantitative estimate of drug-likeness (QED) is 0.544. The highest BCUT2D eigenvalue weighted by Gasteiger charge is 2.15. The third-order valence-electron chi connectivity index (χ3n) is 3.48. The number of esters is 1. The van der Waals surface area contributed by atoms with Crippen molar-refractivity contribution in [2.75, 3.05) is 6.61 Å². The van der Waals surface area contributed by atoms with E-state index in [4.69, 9.17) is 9.47 Å². The molecule has 1 atom stereocenters. The van der Waals surface area contributed by atoms with Crippen molar-refractivity contribution in [3.05, 3.63) is 42.2 Å². The Balaban J connectivity index is 1.98. The molecular formula is C19H24N2O3. The van der Waals surface area contributed by atoms with Crippen LogP contribution in [0.1, 0.15) is 39.2 Å². The number of hydrogen-bond donors (Lipinski definition) is 0. The number of benzene rings is 1. The summed E-state index contributed by atoms with van der Waals surface area (Å²) in [5.74, 6) is 0.752. The van der Waals surface area contributed by atoms with Gasteiger partial charge in [-0.1, -0.05) is 20.3 Å². The molecule has 1 aromatic carbocycles. The lowest BCUT2D eigenvalue weighted by atomic mass is 10.2. The Bertz CT molecular complexity index is 639. The van der Waals surface area contributed by atoms with Crippen molar-refractivity contribution in [3.63, 3.8) is 0 Å². The Labute approximate surface area is 143 Å². The molecule has 128 valence electrons. The lowest BCUT2D eigenvalue weighted by molar-refractivity contribution is -0.146. The molecule has 2 rings (SSSR count). The van der Waals surface area contributed by atoms with Crippen molar-refractivity contribution in [1.29, 1.82) is 0 Å². The van der Waals surface area contributed by atoms with Gasteiger partial charge in [-0.3, -0.25) is 0 Å². The Morgan fingerprint density at radius 3 is 2.33 bits per heavy atom. The first-order chi connectivity index (χ1) is 11.6. The van der Waals surface area contributed by atoms with Gasteiger partial charge < -0.3 is 9.47 Å². The summed E-state index contributed by atoms with van der Waals surface area (Å²) in [5.41, 5.74) is 2.01. The molecule has 0 N–H and O–H groups in total. The summed E-state index contributed by atoms with van der Waals surface area (Å²) in [4.78, 5) is 20.7. The summed E-state index contributed by atoms with van der Waals surface area (Å²) in [7, 11) is 0. The molecule has 0 amide bonds. The summed E-state index contributed by atoms with van der Waals surface area (Å²) in [6.45, 7) is 6.36. The summed E-state index contributed by atoms with van der Waals surface area (Å²) in [5, 5.41) is 0. The molecule has 1 unspecified atom stereocenters. The zero-order valence-electron chi connectivity index (χ0n) is 14.5. The lowest BCUT2D eigenvalue weighted by Gasteiger charge is -2.12. The molecule has 0 saturated heterocycles. The topological polar surface area (TPSA) is 61.3 Å². The molecule has 0 saturated carbocycles. The molecule has 2 aromatic rings. The Morgan fingerprint density at radius 2 is 1.75 bits per heavy atom. The number of carbonyl (C=O) groups excluding carboxylic acids is 1. The lowest BCUT2D eigenvalue weighted by Crippen LogP contribution is -2.26. The largest absolute Gasteiger partial charge is 0.425 e. The summed E-state index contributed by atoms with van der Waals surface area (Å²) >= 11 is 0. The second-order valence-corrected chi connectivity index (χ2v) is 5.62. The van der Waals surface area contributed by atoms with Crippen LogP contribution in [0, 0.1) is 0 Å². The minimum absolute atomic E-state index is 0.392. The number of aryl methyl sites for hydroxylation is 1. The highest BCUT2D eigenvalue weighted by molar-refractivity contribution is 5.77. The minimum atomic E-state index is -0.570. The van der Waals surface area contributed by atoms with Crippen molar-refractivity contribution in [2.45, 2.75) is 46.1 Å². The highest BCUT2D eigenvalue weighted by atomic mass is 16.6. The summed E-state index contributed by atoms with van der Waals surface area (Å²) < 4.78 is 10.7. The van der Waals surface area contributed by atoms with Gasteiger partial charge in [0.15, 0.2) is 11.9 Å². The maximum absolute atomic E-state index is 11.9. The van der Waals surface area contributed by atoms with Gasteiger partial charge in [-0.05, 0) is 49.6 Å². The van der Waals surface area contributed by atoms with Crippen LogP contribution in [0.5, 0.6) is 5.75 Å². The Hall–Kier alpha value is -2.27. The predicted molar refractivity (Wildman–Crippen MR) is 92.8 cm³/mol. The first-order valence-electron chi connectivity index (χ1n) is 8.38. The second-order valence-electron chi connectivity index (χ2n) is 5.62. The molecule has 0 aliphatic carbocycles. The maximum Gasteiger partial charge on any atom is 0.340 e. The number of ether oxygens (including phenoxy) is 2. The van der Waals surface area contributed by atoms with Gasteiger partial charge in [-0.25, -0.2) is 14.8 Å². The van der Waals surface area contributed by atoms with E-state index in [0.717, 1.165) is 30.4 Å². The molecule has 1 aromatic heterocycles. The van der Waals surface area contributed by atoms with Crippen molar-refractivity contribution in [1.82, 2.24) is 9.97 Å². The van der Waals surface area contributed by atoms with Crippen LogP contribution in [0.25, 0.3) is 11.4 Å². The molecule has 0 bridgehead atoms. The van der Waals surface area contributed by atoms with Crippen LogP contribution in [0.15, 0.2) is 36.7 Å². The molecule has 24 heavy (non-hydrogen) atoms. The fourth-order valence-corrected chi connectivity index (χ4v) is 2.16. The predicted octanol–water partition coefficient (Wildman–Crippen LogP) is 3.82. The van der Waals surface area contributed by atoms with E-state index in [-0.39, 0.29) is 0 Å². The Morgan fingerprint density at radius 1 is 1.08 bits per heavy atom. The first kappa shape index (κ1) is 18.1. The molecule has 0 aliphatic heterocycles. The molecule has 0 fully saturated rings. The van der Waals surface area contributed by atoms with Crippen LogP contribution in [-0.4, -0.2) is 28.6 Å². The van der Waals surface area contributed by atoms with Gasteiger partial charge >= 0.3 is 5.97 Å². The molecule has 5 nitrogen and oxygen atoms in total. The van der Waals surface area contributed by atoms with Crippen molar-refractivity contribution in [2.24, 2.45) is 0 Å². The van der Waals surface area contributed by atoms with Gasteiger partial charge in [0.2, 0.25) is 0 Å². The van der Waals surface area contributed by atoms with Gasteiger partial charge in [0.25, 0.3) is 0 Å². The third-order valence-corrected chi connectivity index (χ3v) is 3.48. The van der Waals surface area contributed by atoms with E-state index >= 15 is 0 Å². The third kappa shape index (κ3) is 5.13. The van der Waals surface area contributed by atoms with E-state index < -0.39 is 12.1 Å². The normalized spacial score (nSPS) is 12.0. The number of nitrogens with zero attached hydrogens (tertiary/aromatic N) is 2. The van der Waals surface area contributed by atoms with Crippen LogP contribution < -0.4 is 4.74 Å². The van der Waals surface area contributed by atoms with Crippen LogP contribution in [0.2, 0.25) is 0 Å². The van der Waals surface area contributed by atoms with Gasteiger partial charge in [0, 0.05) is 24.6 Å². The summed E-state index contributed by atoms with van der Waals surface area (Å²) in [6.07, 6.45) is 6.05. The van der Waals surface area contributed by atoms with E-state index in [1.165, 1.54) is 0 Å². The number of hydrogen-bond acceptors (Lipinski definition) is 5. The van der Waals surface area contributed by atoms with Gasteiger partial charge in [0.1, 0.15) is 5.75 Å².